The van der Waals surface area contributed by atoms with Crippen molar-refractivity contribution in [1.82, 2.24) is 9.80 Å². The summed E-state index contributed by atoms with van der Waals surface area (Å²) in [4.78, 5) is 16.7. The summed E-state index contributed by atoms with van der Waals surface area (Å²) in [5.41, 5.74) is 5.25. The number of hydrogen-bond donors (Lipinski definition) is 1. The van der Waals surface area contributed by atoms with Crippen LogP contribution in [0.25, 0.3) is 0 Å². The molecule has 0 unspecified atom stereocenters. The van der Waals surface area contributed by atoms with Gasteiger partial charge in [-0.25, -0.2) is 0 Å². The van der Waals surface area contributed by atoms with E-state index in [-0.39, 0.29) is 5.91 Å². The van der Waals surface area contributed by atoms with Gasteiger partial charge in [0.1, 0.15) is 0 Å². The van der Waals surface area contributed by atoms with Gasteiger partial charge in [-0.2, -0.15) is 0 Å². The van der Waals surface area contributed by atoms with Crippen LogP contribution in [0.1, 0.15) is 34.1 Å². The Bertz CT molecular complexity index is 268. The molecule has 18 heavy (non-hydrogen) atoms. The summed E-state index contributed by atoms with van der Waals surface area (Å²) in [5, 5.41) is 0. The van der Waals surface area contributed by atoms with Gasteiger partial charge in [-0.05, 0) is 32.7 Å². The molecule has 0 radical (unpaired) electrons. The van der Waals surface area contributed by atoms with Crippen molar-refractivity contribution >= 4 is 5.91 Å². The van der Waals surface area contributed by atoms with E-state index < -0.39 is 5.41 Å². The molecule has 1 fully saturated rings. The van der Waals surface area contributed by atoms with Crippen LogP contribution in [0.2, 0.25) is 0 Å². The summed E-state index contributed by atoms with van der Waals surface area (Å²) in [5.74, 6) is 0.953. The highest BCUT2D eigenvalue weighted by atomic mass is 16.2. The summed E-state index contributed by atoms with van der Waals surface area (Å²) in [7, 11) is 0. The molecule has 0 aromatic rings. The smallest absolute Gasteiger partial charge is 0.229 e. The number of amides is 1. The number of hydrogen-bond acceptors (Lipinski definition) is 3. The van der Waals surface area contributed by atoms with Crippen molar-refractivity contribution < 1.29 is 4.79 Å². The van der Waals surface area contributed by atoms with Crippen molar-refractivity contribution in [2.24, 2.45) is 17.1 Å². The van der Waals surface area contributed by atoms with Crippen LogP contribution in [-0.2, 0) is 4.79 Å². The third-order valence-electron chi connectivity index (χ3n) is 3.77. The van der Waals surface area contributed by atoms with Crippen LogP contribution in [0.5, 0.6) is 0 Å². The summed E-state index contributed by atoms with van der Waals surface area (Å²) in [6, 6.07) is 0. The fraction of sp³-hybridized carbons (Fsp3) is 0.929. The Kier molecular flexibility index (Phi) is 5.60. The third kappa shape index (κ3) is 4.25. The molecule has 1 rings (SSSR count). The minimum atomic E-state index is -0.417. The van der Waals surface area contributed by atoms with Gasteiger partial charge in [0, 0.05) is 32.7 Å². The summed E-state index contributed by atoms with van der Waals surface area (Å²) in [6.45, 7) is 13.6. The zero-order chi connectivity index (χ0) is 13.8. The predicted molar refractivity (Wildman–Crippen MR) is 75.3 cm³/mol. The highest BCUT2D eigenvalue weighted by Gasteiger charge is 2.32. The number of piperazine rings is 1. The first-order valence-corrected chi connectivity index (χ1v) is 7.08. The normalized spacial score (nSPS) is 18.4. The van der Waals surface area contributed by atoms with Gasteiger partial charge in [0.15, 0.2) is 0 Å². The molecule has 2 N–H and O–H groups in total. The summed E-state index contributed by atoms with van der Waals surface area (Å²) >= 11 is 0. The Morgan fingerprint density at radius 2 is 1.78 bits per heavy atom. The molecule has 4 nitrogen and oxygen atoms in total. The van der Waals surface area contributed by atoms with Crippen molar-refractivity contribution in [1.29, 1.82) is 0 Å². The molecular formula is C14H29N3O. The number of nitrogens with two attached hydrogens (primary N) is 1. The molecule has 0 atom stereocenters. The monoisotopic (exact) mass is 255 g/mol. The lowest BCUT2D eigenvalue weighted by atomic mass is 9.91. The molecule has 0 bridgehead atoms. The zero-order valence-electron chi connectivity index (χ0n) is 12.4. The molecule has 1 heterocycles. The van der Waals surface area contributed by atoms with Gasteiger partial charge in [0.25, 0.3) is 0 Å². The van der Waals surface area contributed by atoms with Gasteiger partial charge in [0.2, 0.25) is 5.91 Å². The Labute approximate surface area is 111 Å². The van der Waals surface area contributed by atoms with Crippen LogP contribution in [0.4, 0.5) is 0 Å². The van der Waals surface area contributed by atoms with Crippen molar-refractivity contribution in [2.45, 2.75) is 34.1 Å². The SMILES string of the molecule is CC(C)CCN1CCN(C(=O)C(C)(C)CN)CC1. The average molecular weight is 255 g/mol. The lowest BCUT2D eigenvalue weighted by molar-refractivity contribution is -0.141. The molecule has 0 aromatic carbocycles. The number of rotatable bonds is 5. The van der Waals surface area contributed by atoms with E-state index in [0.29, 0.717) is 6.54 Å². The van der Waals surface area contributed by atoms with E-state index in [9.17, 15) is 4.79 Å². The lowest BCUT2D eigenvalue weighted by Crippen LogP contribution is -2.53. The topological polar surface area (TPSA) is 49.6 Å². The average Bonchev–Trinajstić information content (AvgIpc) is 2.36. The molecular weight excluding hydrogens is 226 g/mol. The Hall–Kier alpha value is -0.610. The maximum atomic E-state index is 12.3. The first-order valence-electron chi connectivity index (χ1n) is 7.08. The molecule has 0 spiro atoms. The van der Waals surface area contributed by atoms with E-state index in [4.69, 9.17) is 5.73 Å². The lowest BCUT2D eigenvalue weighted by Gasteiger charge is -2.38. The van der Waals surface area contributed by atoms with Gasteiger partial charge in [0.05, 0.1) is 5.41 Å². The minimum absolute atomic E-state index is 0.202. The van der Waals surface area contributed by atoms with Crippen LogP contribution < -0.4 is 5.73 Å². The van der Waals surface area contributed by atoms with Crippen molar-refractivity contribution in [3.05, 3.63) is 0 Å². The fourth-order valence-electron chi connectivity index (χ4n) is 2.13. The minimum Gasteiger partial charge on any atom is -0.340 e. The van der Waals surface area contributed by atoms with Gasteiger partial charge in [-0.15, -0.1) is 0 Å². The van der Waals surface area contributed by atoms with Crippen LogP contribution in [0, 0.1) is 11.3 Å². The summed E-state index contributed by atoms with van der Waals surface area (Å²) in [6.07, 6.45) is 1.24. The van der Waals surface area contributed by atoms with Crippen LogP contribution in [0.15, 0.2) is 0 Å². The van der Waals surface area contributed by atoms with E-state index in [0.717, 1.165) is 38.6 Å². The van der Waals surface area contributed by atoms with Gasteiger partial charge in [-0.3, -0.25) is 9.69 Å². The number of carbonyl (C=O) groups is 1. The third-order valence-corrected chi connectivity index (χ3v) is 3.77. The molecule has 1 aliphatic rings. The fourth-order valence-corrected chi connectivity index (χ4v) is 2.13. The Morgan fingerprint density at radius 1 is 1.22 bits per heavy atom. The standard InChI is InChI=1S/C14H29N3O/c1-12(2)5-6-16-7-9-17(10-8-16)13(18)14(3,4)11-15/h12H,5-11,15H2,1-4H3. The summed E-state index contributed by atoms with van der Waals surface area (Å²) < 4.78 is 0. The first kappa shape index (κ1) is 15.4. The van der Waals surface area contributed by atoms with E-state index >= 15 is 0 Å². The molecule has 1 saturated heterocycles. The Balaban J connectivity index is 2.37. The largest absolute Gasteiger partial charge is 0.340 e. The van der Waals surface area contributed by atoms with E-state index in [1.165, 1.54) is 6.42 Å². The molecule has 0 aromatic heterocycles. The van der Waals surface area contributed by atoms with Crippen molar-refractivity contribution in [3.63, 3.8) is 0 Å². The quantitative estimate of drug-likeness (QED) is 0.802. The highest BCUT2D eigenvalue weighted by Crippen LogP contribution is 2.18. The maximum Gasteiger partial charge on any atom is 0.229 e. The van der Waals surface area contributed by atoms with Gasteiger partial charge < -0.3 is 10.6 Å². The van der Waals surface area contributed by atoms with Gasteiger partial charge in [-0.1, -0.05) is 13.8 Å². The van der Waals surface area contributed by atoms with Crippen molar-refractivity contribution in [2.75, 3.05) is 39.3 Å². The van der Waals surface area contributed by atoms with Crippen LogP contribution in [0.3, 0.4) is 0 Å². The maximum absolute atomic E-state index is 12.3. The van der Waals surface area contributed by atoms with Crippen LogP contribution in [-0.4, -0.2) is 55.0 Å². The van der Waals surface area contributed by atoms with E-state index in [1.54, 1.807) is 0 Å². The number of nitrogens with zero attached hydrogens (tertiary/aromatic N) is 2. The molecule has 1 amide bonds. The van der Waals surface area contributed by atoms with Gasteiger partial charge >= 0.3 is 0 Å². The highest BCUT2D eigenvalue weighted by molar-refractivity contribution is 5.82. The Morgan fingerprint density at radius 3 is 2.22 bits per heavy atom. The molecule has 4 heteroatoms. The molecule has 0 aliphatic carbocycles. The molecule has 0 saturated carbocycles. The van der Waals surface area contributed by atoms with Crippen molar-refractivity contribution in [3.8, 4) is 0 Å². The number of carbonyl (C=O) groups excluding carboxylic acids is 1. The van der Waals surface area contributed by atoms with Crippen LogP contribution >= 0.6 is 0 Å². The van der Waals surface area contributed by atoms with E-state index in [2.05, 4.69) is 18.7 Å². The second-order valence-corrected chi connectivity index (χ2v) is 6.40. The predicted octanol–water partition coefficient (Wildman–Crippen LogP) is 1.16. The zero-order valence-corrected chi connectivity index (χ0v) is 12.4. The second kappa shape index (κ2) is 6.53. The molecule has 106 valence electrons. The van der Waals surface area contributed by atoms with E-state index in [1.807, 2.05) is 18.7 Å². The second-order valence-electron chi connectivity index (χ2n) is 6.40. The first-order chi connectivity index (χ1) is 8.36. The molecule has 1 aliphatic heterocycles.